The van der Waals surface area contributed by atoms with Crippen LogP contribution in [0.25, 0.3) is 0 Å². The molecule has 15 heavy (non-hydrogen) atoms. The number of hydrogen-bond donors (Lipinski definition) is 1. The van der Waals surface area contributed by atoms with Gasteiger partial charge < -0.3 is 9.84 Å². The third-order valence-corrected chi connectivity index (χ3v) is 3.20. The molecule has 4 heteroatoms. The van der Waals surface area contributed by atoms with Gasteiger partial charge in [-0.2, -0.15) is 0 Å². The topological polar surface area (TPSA) is 46.5 Å². The molecule has 0 unspecified atom stereocenters. The number of aliphatic carboxylic acids is 1. The van der Waals surface area contributed by atoms with Crippen LogP contribution in [0.4, 0.5) is 0 Å². The van der Waals surface area contributed by atoms with Crippen molar-refractivity contribution in [1.29, 1.82) is 0 Å². The van der Waals surface area contributed by atoms with Gasteiger partial charge in [-0.05, 0) is 27.2 Å². The van der Waals surface area contributed by atoms with Crippen LogP contribution in [0.5, 0.6) is 0 Å². The fourth-order valence-electron chi connectivity index (χ4n) is 0.932. The molecule has 0 bridgehead atoms. The highest BCUT2D eigenvalue weighted by Crippen LogP contribution is 2.28. The molecular formula is C11H22O3S. The van der Waals surface area contributed by atoms with Crippen molar-refractivity contribution in [2.24, 2.45) is 0 Å². The molecule has 0 aromatic rings. The number of hydrogen-bond acceptors (Lipinski definition) is 3. The standard InChI is InChI=1S/C11H22O3S/c1-10(2,3)14-7-6-11(4,5)15-8-9(12)13/h6-8H2,1-5H3,(H,12,13). The fraction of sp³-hybridized carbons (Fsp3) is 0.909. The van der Waals surface area contributed by atoms with Gasteiger partial charge in [-0.3, -0.25) is 4.79 Å². The van der Waals surface area contributed by atoms with Crippen LogP contribution in [0.3, 0.4) is 0 Å². The van der Waals surface area contributed by atoms with Crippen LogP contribution in [0.1, 0.15) is 41.0 Å². The molecule has 0 atom stereocenters. The number of ether oxygens (including phenoxy) is 1. The van der Waals surface area contributed by atoms with Crippen molar-refractivity contribution in [3.63, 3.8) is 0 Å². The van der Waals surface area contributed by atoms with Gasteiger partial charge >= 0.3 is 5.97 Å². The second kappa shape index (κ2) is 5.75. The van der Waals surface area contributed by atoms with Gasteiger partial charge in [0.15, 0.2) is 0 Å². The molecule has 0 aliphatic carbocycles. The number of carboxylic acids is 1. The summed E-state index contributed by atoms with van der Waals surface area (Å²) < 4.78 is 5.57. The van der Waals surface area contributed by atoms with Crippen LogP contribution in [0.2, 0.25) is 0 Å². The summed E-state index contributed by atoms with van der Waals surface area (Å²) in [6, 6.07) is 0. The van der Waals surface area contributed by atoms with E-state index in [1.165, 1.54) is 11.8 Å². The average molecular weight is 234 g/mol. The quantitative estimate of drug-likeness (QED) is 0.767. The Morgan fingerprint density at radius 3 is 2.20 bits per heavy atom. The van der Waals surface area contributed by atoms with Crippen molar-refractivity contribution in [2.45, 2.75) is 51.4 Å². The summed E-state index contributed by atoms with van der Waals surface area (Å²) in [5.41, 5.74) is -0.118. The molecule has 0 aromatic carbocycles. The van der Waals surface area contributed by atoms with Crippen molar-refractivity contribution < 1.29 is 14.6 Å². The molecule has 0 saturated carbocycles. The van der Waals surface area contributed by atoms with Crippen LogP contribution >= 0.6 is 11.8 Å². The molecule has 1 N–H and O–H groups in total. The fourth-order valence-corrected chi connectivity index (χ4v) is 1.67. The minimum Gasteiger partial charge on any atom is -0.481 e. The largest absolute Gasteiger partial charge is 0.481 e. The molecular weight excluding hydrogens is 212 g/mol. The summed E-state index contributed by atoms with van der Waals surface area (Å²) >= 11 is 1.46. The highest BCUT2D eigenvalue weighted by Gasteiger charge is 2.21. The number of thioether (sulfide) groups is 1. The highest BCUT2D eigenvalue weighted by atomic mass is 32.2. The van der Waals surface area contributed by atoms with E-state index >= 15 is 0 Å². The normalized spacial score (nSPS) is 12.9. The van der Waals surface area contributed by atoms with Crippen LogP contribution in [0, 0.1) is 0 Å². The SMILES string of the molecule is CC(C)(C)OCCC(C)(C)SCC(=O)O. The Balaban J connectivity index is 3.78. The third kappa shape index (κ3) is 10.1. The van der Waals surface area contributed by atoms with Gasteiger partial charge in [0.2, 0.25) is 0 Å². The molecule has 90 valence electrons. The van der Waals surface area contributed by atoms with Gasteiger partial charge in [0.05, 0.1) is 11.4 Å². The van der Waals surface area contributed by atoms with Crippen LogP contribution in [-0.4, -0.2) is 33.8 Å². The van der Waals surface area contributed by atoms with Crippen molar-refractivity contribution in [2.75, 3.05) is 12.4 Å². The maximum atomic E-state index is 10.4. The van der Waals surface area contributed by atoms with Gasteiger partial charge in [-0.25, -0.2) is 0 Å². The molecule has 3 nitrogen and oxygen atoms in total. The summed E-state index contributed by atoms with van der Waals surface area (Å²) in [4.78, 5) is 10.4. The summed E-state index contributed by atoms with van der Waals surface area (Å²) in [7, 11) is 0. The molecule has 0 radical (unpaired) electrons. The lowest BCUT2D eigenvalue weighted by Gasteiger charge is -2.26. The van der Waals surface area contributed by atoms with E-state index in [9.17, 15) is 4.79 Å². The Labute approximate surface area is 96.6 Å². The predicted molar refractivity (Wildman–Crippen MR) is 64.5 cm³/mol. The molecule has 0 spiro atoms. The van der Waals surface area contributed by atoms with Crippen molar-refractivity contribution >= 4 is 17.7 Å². The minimum atomic E-state index is -0.759. The minimum absolute atomic E-state index is 0.0381. The maximum absolute atomic E-state index is 10.4. The van der Waals surface area contributed by atoms with E-state index in [2.05, 4.69) is 0 Å². The molecule has 0 heterocycles. The smallest absolute Gasteiger partial charge is 0.313 e. The Bertz CT molecular complexity index is 206. The summed E-state index contributed by atoms with van der Waals surface area (Å²) in [6.45, 7) is 10.8. The van der Waals surface area contributed by atoms with E-state index in [0.29, 0.717) is 6.61 Å². The average Bonchev–Trinajstić information content (AvgIpc) is 1.98. The highest BCUT2D eigenvalue weighted by molar-refractivity contribution is 8.01. The van der Waals surface area contributed by atoms with Gasteiger partial charge in [0.1, 0.15) is 0 Å². The third-order valence-electron chi connectivity index (χ3n) is 1.83. The summed E-state index contributed by atoms with van der Waals surface area (Å²) in [5, 5.41) is 8.58. The van der Waals surface area contributed by atoms with E-state index < -0.39 is 5.97 Å². The van der Waals surface area contributed by atoms with Gasteiger partial charge in [0, 0.05) is 11.4 Å². The first-order valence-corrected chi connectivity index (χ1v) is 6.11. The lowest BCUT2D eigenvalue weighted by molar-refractivity contribution is -0.133. The first-order chi connectivity index (χ1) is 6.62. The molecule has 0 aliphatic rings. The zero-order chi connectivity index (χ0) is 12.1. The predicted octanol–water partition coefficient (Wildman–Crippen LogP) is 2.79. The van der Waals surface area contributed by atoms with E-state index in [0.717, 1.165) is 6.42 Å². The van der Waals surface area contributed by atoms with Crippen LogP contribution < -0.4 is 0 Å². The monoisotopic (exact) mass is 234 g/mol. The van der Waals surface area contributed by atoms with Crippen LogP contribution in [-0.2, 0) is 9.53 Å². The second-order valence-corrected chi connectivity index (χ2v) is 6.84. The van der Waals surface area contributed by atoms with E-state index in [-0.39, 0.29) is 16.1 Å². The van der Waals surface area contributed by atoms with Gasteiger partial charge in [-0.15, -0.1) is 11.8 Å². The summed E-state index contributed by atoms with van der Waals surface area (Å²) in [5.74, 6) is -0.604. The zero-order valence-electron chi connectivity index (χ0n) is 10.3. The van der Waals surface area contributed by atoms with E-state index in [4.69, 9.17) is 9.84 Å². The Kier molecular flexibility index (Phi) is 5.67. The van der Waals surface area contributed by atoms with E-state index in [1.54, 1.807) is 0 Å². The Hall–Kier alpha value is -0.220. The lowest BCUT2D eigenvalue weighted by Crippen LogP contribution is -2.25. The van der Waals surface area contributed by atoms with Gasteiger partial charge in [-0.1, -0.05) is 13.8 Å². The van der Waals surface area contributed by atoms with Crippen molar-refractivity contribution in [3.8, 4) is 0 Å². The van der Waals surface area contributed by atoms with Crippen molar-refractivity contribution in [1.82, 2.24) is 0 Å². The molecule has 0 aliphatic heterocycles. The lowest BCUT2D eigenvalue weighted by atomic mass is 10.1. The zero-order valence-corrected chi connectivity index (χ0v) is 11.1. The molecule has 0 amide bonds. The molecule has 0 fully saturated rings. The van der Waals surface area contributed by atoms with Crippen molar-refractivity contribution in [3.05, 3.63) is 0 Å². The number of rotatable bonds is 6. The molecule has 0 aromatic heterocycles. The molecule has 0 rings (SSSR count). The number of carboxylic acid groups (broad SMARTS) is 1. The molecule has 0 saturated heterocycles. The van der Waals surface area contributed by atoms with E-state index in [1.807, 2.05) is 34.6 Å². The summed E-state index contributed by atoms with van der Waals surface area (Å²) in [6.07, 6.45) is 0.863. The second-order valence-electron chi connectivity index (χ2n) is 5.15. The van der Waals surface area contributed by atoms with Crippen LogP contribution in [0.15, 0.2) is 0 Å². The maximum Gasteiger partial charge on any atom is 0.313 e. The first-order valence-electron chi connectivity index (χ1n) is 5.12. The Morgan fingerprint density at radius 2 is 1.80 bits per heavy atom. The number of carbonyl (C=O) groups is 1. The Morgan fingerprint density at radius 1 is 1.27 bits per heavy atom. The van der Waals surface area contributed by atoms with Gasteiger partial charge in [0.25, 0.3) is 0 Å². The first kappa shape index (κ1) is 14.8.